The van der Waals surface area contributed by atoms with Crippen LogP contribution in [0.25, 0.3) is 0 Å². The molecule has 4 rings (SSSR count). The average Bonchev–Trinajstić information content (AvgIpc) is 3.01. The lowest BCUT2D eigenvalue weighted by Crippen LogP contribution is -2.32. The van der Waals surface area contributed by atoms with Crippen LogP contribution in [-0.4, -0.2) is 32.1 Å². The number of amides is 1. The zero-order valence-corrected chi connectivity index (χ0v) is 18.3. The van der Waals surface area contributed by atoms with Gasteiger partial charge in [0.05, 0.1) is 16.6 Å². The molecule has 0 saturated heterocycles. The number of hydrogen-bond donors (Lipinski definition) is 1. The minimum atomic E-state index is -0.373. The number of carbonyl (C=O) groups excluding carboxylic acids is 2. The molecule has 1 saturated carbocycles. The summed E-state index contributed by atoms with van der Waals surface area (Å²) < 4.78 is 0. The number of rotatable bonds is 5. The average molecular weight is 411 g/mol. The third-order valence-corrected chi connectivity index (χ3v) is 7.93. The second kappa shape index (κ2) is 6.90. The fourth-order valence-corrected chi connectivity index (χ4v) is 5.37. The Labute approximate surface area is 175 Å². The molecule has 6 nitrogen and oxygen atoms in total. The Hall–Kier alpha value is -2.28. The molecule has 152 valence electrons. The summed E-state index contributed by atoms with van der Waals surface area (Å²) in [6.45, 7) is 10.2. The lowest BCUT2D eigenvalue weighted by Gasteiger charge is -2.34. The third kappa shape index (κ3) is 3.16. The molecule has 1 fully saturated rings. The van der Waals surface area contributed by atoms with E-state index in [4.69, 9.17) is 4.98 Å². The van der Waals surface area contributed by atoms with Gasteiger partial charge in [0.1, 0.15) is 0 Å². The summed E-state index contributed by atoms with van der Waals surface area (Å²) in [5.74, 6) is 0.279. The van der Waals surface area contributed by atoms with Crippen LogP contribution in [0.1, 0.15) is 75.1 Å². The van der Waals surface area contributed by atoms with Crippen LogP contribution in [0, 0.1) is 5.41 Å². The second-order valence-electron chi connectivity index (χ2n) is 8.86. The summed E-state index contributed by atoms with van der Waals surface area (Å²) in [6, 6.07) is 6.89. The molecule has 0 aliphatic heterocycles. The standard InChI is InChI=1S/C22H26N4O2S/c1-12(27)14-6-8-15(9-7-14)23-19(28)13(2)29-20-24-18-17(25-26-20)16-10-11-22(18,5)21(16,3)4/h6-9,13,16H,10-11H2,1-5H3,(H,23,28)/t13-,16-,22-/m0/s1. The van der Waals surface area contributed by atoms with Crippen LogP contribution >= 0.6 is 11.8 Å². The summed E-state index contributed by atoms with van der Waals surface area (Å²) in [5.41, 5.74) is 3.53. The van der Waals surface area contributed by atoms with E-state index in [-0.39, 0.29) is 27.8 Å². The summed E-state index contributed by atoms with van der Waals surface area (Å²) in [5, 5.41) is 11.9. The van der Waals surface area contributed by atoms with Gasteiger partial charge in [-0.15, -0.1) is 5.10 Å². The topological polar surface area (TPSA) is 84.8 Å². The van der Waals surface area contributed by atoms with E-state index in [1.54, 1.807) is 24.3 Å². The van der Waals surface area contributed by atoms with Crippen molar-refractivity contribution in [3.05, 3.63) is 41.2 Å². The predicted octanol–water partition coefficient (Wildman–Crippen LogP) is 4.37. The Morgan fingerprint density at radius 2 is 1.86 bits per heavy atom. The molecule has 2 aromatic rings. The van der Waals surface area contributed by atoms with Crippen molar-refractivity contribution in [3.8, 4) is 0 Å². The number of carbonyl (C=O) groups is 2. The number of aromatic nitrogens is 3. The summed E-state index contributed by atoms with van der Waals surface area (Å²) in [4.78, 5) is 28.8. The molecular formula is C22H26N4O2S. The van der Waals surface area contributed by atoms with Crippen LogP contribution in [0.4, 0.5) is 5.69 Å². The van der Waals surface area contributed by atoms with Crippen molar-refractivity contribution in [2.24, 2.45) is 5.41 Å². The van der Waals surface area contributed by atoms with E-state index in [1.807, 2.05) is 6.92 Å². The molecule has 0 spiro atoms. The number of benzene rings is 1. The molecule has 7 heteroatoms. The van der Waals surface area contributed by atoms with Crippen LogP contribution in [0.3, 0.4) is 0 Å². The van der Waals surface area contributed by atoms with Crippen LogP contribution in [-0.2, 0) is 10.2 Å². The summed E-state index contributed by atoms with van der Waals surface area (Å²) >= 11 is 1.32. The van der Waals surface area contributed by atoms with Crippen molar-refractivity contribution in [2.45, 2.75) is 69.2 Å². The molecular weight excluding hydrogens is 384 g/mol. The molecule has 1 N–H and O–H groups in total. The molecule has 2 aliphatic carbocycles. The first-order valence-electron chi connectivity index (χ1n) is 9.97. The maximum atomic E-state index is 12.6. The van der Waals surface area contributed by atoms with Crippen LogP contribution in [0.5, 0.6) is 0 Å². The van der Waals surface area contributed by atoms with Crippen molar-refractivity contribution in [3.63, 3.8) is 0 Å². The lowest BCUT2D eigenvalue weighted by molar-refractivity contribution is -0.115. The third-order valence-electron chi connectivity index (χ3n) is 6.98. The van der Waals surface area contributed by atoms with Crippen molar-refractivity contribution in [2.75, 3.05) is 5.32 Å². The van der Waals surface area contributed by atoms with Gasteiger partial charge in [-0.25, -0.2) is 4.98 Å². The van der Waals surface area contributed by atoms with Gasteiger partial charge in [0.2, 0.25) is 11.1 Å². The first kappa shape index (κ1) is 20.0. The maximum absolute atomic E-state index is 12.6. The minimum Gasteiger partial charge on any atom is -0.325 e. The van der Waals surface area contributed by atoms with Gasteiger partial charge in [-0.3, -0.25) is 9.59 Å². The van der Waals surface area contributed by atoms with Gasteiger partial charge in [-0.2, -0.15) is 5.10 Å². The molecule has 3 atom stereocenters. The summed E-state index contributed by atoms with van der Waals surface area (Å²) in [6.07, 6.45) is 2.26. The Balaban J connectivity index is 1.46. The first-order valence-corrected chi connectivity index (χ1v) is 10.8. The molecule has 2 bridgehead atoms. The van der Waals surface area contributed by atoms with E-state index in [0.29, 0.717) is 22.3 Å². The number of nitrogens with one attached hydrogen (secondary N) is 1. The van der Waals surface area contributed by atoms with Crippen molar-refractivity contribution in [1.82, 2.24) is 15.2 Å². The second-order valence-corrected chi connectivity index (χ2v) is 10.2. The maximum Gasteiger partial charge on any atom is 0.237 e. The number of nitrogens with zero attached hydrogens (tertiary/aromatic N) is 3. The largest absolute Gasteiger partial charge is 0.325 e. The van der Waals surface area contributed by atoms with E-state index in [9.17, 15) is 9.59 Å². The van der Waals surface area contributed by atoms with E-state index >= 15 is 0 Å². The van der Waals surface area contributed by atoms with E-state index in [0.717, 1.165) is 24.2 Å². The number of Topliss-reactive ketones (excluding diaryl/α,β-unsaturated/α-hetero) is 1. The fraction of sp³-hybridized carbons (Fsp3) is 0.500. The molecule has 2 aliphatic rings. The van der Waals surface area contributed by atoms with Gasteiger partial charge in [0, 0.05) is 22.6 Å². The van der Waals surface area contributed by atoms with E-state index in [2.05, 4.69) is 36.3 Å². The van der Waals surface area contributed by atoms with E-state index in [1.165, 1.54) is 18.7 Å². The van der Waals surface area contributed by atoms with Crippen molar-refractivity contribution < 1.29 is 9.59 Å². The highest BCUT2D eigenvalue weighted by molar-refractivity contribution is 8.00. The lowest BCUT2D eigenvalue weighted by atomic mass is 9.70. The van der Waals surface area contributed by atoms with Gasteiger partial charge < -0.3 is 5.32 Å². The Bertz CT molecular complexity index is 989. The van der Waals surface area contributed by atoms with Crippen LogP contribution in [0.2, 0.25) is 0 Å². The normalized spacial score (nSPS) is 24.8. The van der Waals surface area contributed by atoms with Gasteiger partial charge in [0.25, 0.3) is 0 Å². The number of fused-ring (bicyclic) bond motifs is 5. The summed E-state index contributed by atoms with van der Waals surface area (Å²) in [7, 11) is 0. The highest BCUT2D eigenvalue weighted by atomic mass is 32.2. The highest BCUT2D eigenvalue weighted by Crippen LogP contribution is 2.66. The molecule has 1 amide bonds. The zero-order chi connectivity index (χ0) is 21.0. The zero-order valence-electron chi connectivity index (χ0n) is 17.4. The smallest absolute Gasteiger partial charge is 0.237 e. The Kier molecular flexibility index (Phi) is 4.76. The highest BCUT2D eigenvalue weighted by Gasteiger charge is 2.61. The molecule has 29 heavy (non-hydrogen) atoms. The molecule has 1 heterocycles. The van der Waals surface area contributed by atoms with E-state index < -0.39 is 0 Å². The quantitative estimate of drug-likeness (QED) is 0.582. The van der Waals surface area contributed by atoms with Crippen molar-refractivity contribution >= 4 is 29.1 Å². The Morgan fingerprint density at radius 1 is 1.17 bits per heavy atom. The van der Waals surface area contributed by atoms with Crippen molar-refractivity contribution in [1.29, 1.82) is 0 Å². The number of hydrogen-bond acceptors (Lipinski definition) is 6. The van der Waals surface area contributed by atoms with Crippen LogP contribution < -0.4 is 5.32 Å². The molecule has 0 unspecified atom stereocenters. The SMILES string of the molecule is CC(=O)c1ccc(NC(=O)[C@H](C)Sc2nnc3c(n2)[C@]2(C)CC[C@@H]3C2(C)C)cc1. The number of thioether (sulfide) groups is 1. The monoisotopic (exact) mass is 410 g/mol. The van der Waals surface area contributed by atoms with Gasteiger partial charge in [-0.1, -0.05) is 32.5 Å². The van der Waals surface area contributed by atoms with Gasteiger partial charge >= 0.3 is 0 Å². The predicted molar refractivity (Wildman–Crippen MR) is 113 cm³/mol. The molecule has 1 aromatic carbocycles. The fourth-order valence-electron chi connectivity index (χ4n) is 4.66. The minimum absolute atomic E-state index is 0.00127. The van der Waals surface area contributed by atoms with Gasteiger partial charge in [0.15, 0.2) is 5.78 Å². The number of ketones is 1. The Morgan fingerprint density at radius 3 is 2.52 bits per heavy atom. The molecule has 1 aromatic heterocycles. The molecule has 0 radical (unpaired) electrons. The van der Waals surface area contributed by atoms with Gasteiger partial charge in [-0.05, 0) is 56.4 Å². The van der Waals surface area contributed by atoms with Crippen LogP contribution in [0.15, 0.2) is 29.4 Å². The first-order chi connectivity index (χ1) is 13.6. The number of anilines is 1.